The Morgan fingerprint density at radius 1 is 0.389 bits per heavy atom. The third-order valence-corrected chi connectivity index (χ3v) is 9.73. The van der Waals surface area contributed by atoms with Gasteiger partial charge in [-0.3, -0.25) is 0 Å². The number of hydrogen-bond donors (Lipinski definition) is 4. The number of aromatic amines is 2. The van der Waals surface area contributed by atoms with Crippen molar-refractivity contribution in [3.63, 3.8) is 0 Å². The van der Waals surface area contributed by atoms with E-state index in [4.69, 9.17) is 9.97 Å². The minimum absolute atomic E-state index is 0.156. The molecule has 0 amide bonds. The van der Waals surface area contributed by atoms with Crippen molar-refractivity contribution in [1.29, 1.82) is 0 Å². The molecule has 0 saturated heterocycles. The fourth-order valence-corrected chi connectivity index (χ4v) is 7.36. The minimum Gasteiger partial charge on any atom is -0.478 e. The van der Waals surface area contributed by atoms with E-state index >= 15 is 0 Å². The topological polar surface area (TPSA) is 132 Å². The highest BCUT2D eigenvalue weighted by Crippen LogP contribution is 2.39. The lowest BCUT2D eigenvalue weighted by molar-refractivity contribution is 0.0687. The van der Waals surface area contributed by atoms with Crippen molar-refractivity contribution >= 4 is 58.3 Å². The molecule has 2 aliphatic heterocycles. The van der Waals surface area contributed by atoms with Crippen LogP contribution in [-0.4, -0.2) is 42.1 Å². The highest BCUT2D eigenvalue weighted by atomic mass is 16.4. The molecule has 8 heteroatoms. The molecular formula is C46H30N4O4. The zero-order valence-electron chi connectivity index (χ0n) is 28.6. The summed E-state index contributed by atoms with van der Waals surface area (Å²) in [5.41, 5.74) is 11.5. The van der Waals surface area contributed by atoms with Crippen molar-refractivity contribution in [2.75, 3.05) is 0 Å². The number of carboxylic acid groups (broad SMARTS) is 2. The van der Waals surface area contributed by atoms with E-state index in [9.17, 15) is 19.8 Å². The number of benzene rings is 4. The molecule has 8 bridgehead atoms. The van der Waals surface area contributed by atoms with Crippen LogP contribution in [0.2, 0.25) is 0 Å². The van der Waals surface area contributed by atoms with Gasteiger partial charge >= 0.3 is 11.9 Å². The first-order valence-electron chi connectivity index (χ1n) is 17.4. The standard InChI is InChI=1S/C46H30N4O4/c51-45(52)31-17-9-7-15-29(31)43-37-23-19-33(47-37)41(27-11-3-1-4-12-27)34-20-24-38(48-34)44(30-16-8-10-18-32(30)46(53)54)40-26-22-36(50-40)42(28-13-5-2-6-14-28)35-21-25-39(43)49-35/h1-26,47,50H,(H,51,52)(H,53,54). The van der Waals surface area contributed by atoms with Crippen LogP contribution >= 0.6 is 0 Å². The van der Waals surface area contributed by atoms with Gasteiger partial charge in [0.15, 0.2) is 0 Å². The predicted octanol–water partition coefficient (Wildman–Crippen LogP) is 10.7. The molecule has 4 N–H and O–H groups in total. The number of carbonyl (C=O) groups is 2. The summed E-state index contributed by atoms with van der Waals surface area (Å²) in [4.78, 5) is 42.9. The molecular weight excluding hydrogens is 673 g/mol. The monoisotopic (exact) mass is 702 g/mol. The van der Waals surface area contributed by atoms with E-state index in [1.165, 1.54) is 0 Å². The van der Waals surface area contributed by atoms with Crippen molar-refractivity contribution in [3.8, 4) is 44.5 Å². The van der Waals surface area contributed by atoms with Gasteiger partial charge in [0.1, 0.15) is 0 Å². The van der Waals surface area contributed by atoms with E-state index in [0.29, 0.717) is 56.1 Å². The molecule has 0 saturated carbocycles. The SMILES string of the molecule is O=C(O)c1ccccc1-c1c2nc(c(-c3ccccc3)c3ccc([nH]3)c(-c3ccccc3C(=O)O)c3nc(c(-c4ccccc4)c4ccc1[nH]4)C=C3)C=C2. The Morgan fingerprint density at radius 2 is 0.704 bits per heavy atom. The molecule has 0 radical (unpaired) electrons. The van der Waals surface area contributed by atoms with Crippen LogP contribution in [0.25, 0.3) is 90.9 Å². The molecule has 0 atom stereocenters. The lowest BCUT2D eigenvalue weighted by Gasteiger charge is -2.09. The van der Waals surface area contributed by atoms with Gasteiger partial charge in [0.2, 0.25) is 0 Å². The summed E-state index contributed by atoms with van der Waals surface area (Å²) < 4.78 is 0. The Hall–Kier alpha value is -7.58. The first-order chi connectivity index (χ1) is 26.4. The fraction of sp³-hybridized carbons (Fsp3) is 0. The number of aromatic carboxylic acids is 2. The van der Waals surface area contributed by atoms with Gasteiger partial charge in [-0.05, 0) is 71.8 Å². The fourth-order valence-electron chi connectivity index (χ4n) is 7.36. The molecule has 258 valence electrons. The van der Waals surface area contributed by atoms with Crippen molar-refractivity contribution in [2.45, 2.75) is 0 Å². The van der Waals surface area contributed by atoms with Crippen LogP contribution in [0.15, 0.2) is 133 Å². The van der Waals surface area contributed by atoms with Gasteiger partial charge in [0, 0.05) is 55.4 Å². The Balaban J connectivity index is 1.50. The van der Waals surface area contributed by atoms with E-state index in [1.807, 2.05) is 133 Å². The number of nitrogens with one attached hydrogen (secondary N) is 2. The Kier molecular flexibility index (Phi) is 7.90. The molecule has 8 nitrogen and oxygen atoms in total. The summed E-state index contributed by atoms with van der Waals surface area (Å²) in [7, 11) is 0. The third kappa shape index (κ3) is 5.59. The highest BCUT2D eigenvalue weighted by molar-refractivity contribution is 6.05. The molecule has 0 unspecified atom stereocenters. The quantitative estimate of drug-likeness (QED) is 0.136. The molecule has 7 aromatic rings. The molecule has 0 spiro atoms. The molecule has 3 aromatic heterocycles. The van der Waals surface area contributed by atoms with E-state index in [-0.39, 0.29) is 11.1 Å². The van der Waals surface area contributed by atoms with Crippen molar-refractivity contribution in [1.82, 2.24) is 19.9 Å². The summed E-state index contributed by atoms with van der Waals surface area (Å²) in [6, 6.07) is 41.6. The summed E-state index contributed by atoms with van der Waals surface area (Å²) >= 11 is 0. The van der Waals surface area contributed by atoms with Crippen molar-refractivity contribution < 1.29 is 19.8 Å². The largest absolute Gasteiger partial charge is 0.478 e. The van der Waals surface area contributed by atoms with Crippen LogP contribution in [0.1, 0.15) is 43.5 Å². The van der Waals surface area contributed by atoms with Crippen LogP contribution in [0, 0.1) is 0 Å². The zero-order chi connectivity index (χ0) is 36.8. The second kappa shape index (κ2) is 13.2. The van der Waals surface area contributed by atoms with Gasteiger partial charge in [-0.2, -0.15) is 0 Å². The van der Waals surface area contributed by atoms with E-state index in [0.717, 1.165) is 33.3 Å². The number of rotatable bonds is 6. The summed E-state index contributed by atoms with van der Waals surface area (Å²) in [5.74, 6) is -2.08. The maximum atomic E-state index is 12.6. The first kappa shape index (κ1) is 32.3. The van der Waals surface area contributed by atoms with Gasteiger partial charge in [-0.15, -0.1) is 0 Å². The van der Waals surface area contributed by atoms with Crippen LogP contribution in [0.3, 0.4) is 0 Å². The van der Waals surface area contributed by atoms with Gasteiger partial charge in [-0.1, -0.05) is 97.1 Å². The second-order valence-electron chi connectivity index (χ2n) is 12.9. The van der Waals surface area contributed by atoms with Crippen LogP contribution in [0.4, 0.5) is 0 Å². The van der Waals surface area contributed by atoms with E-state index < -0.39 is 11.9 Å². The number of nitrogens with zero attached hydrogens (tertiary/aromatic N) is 2. The van der Waals surface area contributed by atoms with Crippen LogP contribution in [-0.2, 0) is 0 Å². The number of carboxylic acids is 2. The summed E-state index contributed by atoms with van der Waals surface area (Å²) in [6.45, 7) is 0. The predicted molar refractivity (Wildman–Crippen MR) is 215 cm³/mol. The van der Waals surface area contributed by atoms with E-state index in [1.54, 1.807) is 24.3 Å². The Morgan fingerprint density at radius 3 is 1.07 bits per heavy atom. The smallest absolute Gasteiger partial charge is 0.336 e. The molecule has 2 aliphatic rings. The summed E-state index contributed by atoms with van der Waals surface area (Å²) in [5, 5.41) is 20.7. The molecule has 54 heavy (non-hydrogen) atoms. The normalized spacial score (nSPS) is 11.9. The highest BCUT2D eigenvalue weighted by Gasteiger charge is 2.22. The molecule has 9 rings (SSSR count). The Bertz CT molecular complexity index is 2690. The maximum Gasteiger partial charge on any atom is 0.336 e. The van der Waals surface area contributed by atoms with Gasteiger partial charge in [0.25, 0.3) is 0 Å². The zero-order valence-corrected chi connectivity index (χ0v) is 28.6. The lowest BCUT2D eigenvalue weighted by atomic mass is 9.98. The van der Waals surface area contributed by atoms with Crippen LogP contribution < -0.4 is 0 Å². The number of fused-ring (bicyclic) bond motifs is 8. The second-order valence-corrected chi connectivity index (χ2v) is 12.9. The first-order valence-corrected chi connectivity index (χ1v) is 17.4. The van der Waals surface area contributed by atoms with E-state index in [2.05, 4.69) is 9.97 Å². The molecule has 5 heterocycles. The number of hydrogen-bond acceptors (Lipinski definition) is 4. The van der Waals surface area contributed by atoms with Gasteiger partial charge in [-0.25, -0.2) is 19.6 Å². The average molecular weight is 703 g/mol. The van der Waals surface area contributed by atoms with Gasteiger partial charge < -0.3 is 20.2 Å². The lowest BCUT2D eigenvalue weighted by Crippen LogP contribution is -2.00. The van der Waals surface area contributed by atoms with Crippen molar-refractivity contribution in [2.24, 2.45) is 0 Å². The van der Waals surface area contributed by atoms with Crippen LogP contribution in [0.5, 0.6) is 0 Å². The number of aromatic nitrogens is 4. The molecule has 0 fully saturated rings. The maximum absolute atomic E-state index is 12.6. The van der Waals surface area contributed by atoms with Gasteiger partial charge in [0.05, 0.1) is 33.9 Å². The Labute approximate surface area is 309 Å². The average Bonchev–Trinajstić information content (AvgIpc) is 4.04. The molecule has 0 aliphatic carbocycles. The minimum atomic E-state index is -1.04. The third-order valence-electron chi connectivity index (χ3n) is 9.73. The van der Waals surface area contributed by atoms with Crippen molar-refractivity contribution in [3.05, 3.63) is 167 Å². The number of H-pyrrole nitrogens is 2. The summed E-state index contributed by atoms with van der Waals surface area (Å²) in [6.07, 6.45) is 7.73. The molecule has 4 aromatic carbocycles.